The number of ether oxygens (including phenoxy) is 7. The van der Waals surface area contributed by atoms with Gasteiger partial charge in [0.05, 0.1) is 80.6 Å². The summed E-state index contributed by atoms with van der Waals surface area (Å²) < 4.78 is 38.6. The van der Waals surface area contributed by atoms with Gasteiger partial charge in [0, 0.05) is 0 Å². The van der Waals surface area contributed by atoms with E-state index in [1.165, 1.54) is 0 Å². The molecule has 11 atom stereocenters. The van der Waals surface area contributed by atoms with Crippen molar-refractivity contribution >= 4 is 0 Å². The van der Waals surface area contributed by atoms with Gasteiger partial charge in [-0.2, -0.15) is 0 Å². The summed E-state index contributed by atoms with van der Waals surface area (Å²) in [6.07, 6.45) is -15.9. The van der Waals surface area contributed by atoms with E-state index < -0.39 is 67.5 Å². The smallest absolute Gasteiger partial charge is 0.187 e. The van der Waals surface area contributed by atoms with Crippen molar-refractivity contribution in [3.63, 3.8) is 0 Å². The molecule has 0 aliphatic carbocycles. The Morgan fingerprint density at radius 1 is 0.675 bits per heavy atom. The number of aliphatic hydroxyl groups is 8. The van der Waals surface area contributed by atoms with Crippen LogP contribution in [0.15, 0.2) is 0 Å². The molecule has 0 radical (unpaired) electrons. The average molecular weight is 591 g/mol. The van der Waals surface area contributed by atoms with E-state index in [1.54, 1.807) is 0 Å². The largest absolute Gasteiger partial charge is 0.394 e. The second kappa shape index (κ2) is 17.5. The first-order valence-electron chi connectivity index (χ1n) is 13.3. The number of rotatable bonds is 18. The van der Waals surface area contributed by atoms with E-state index in [0.29, 0.717) is 11.0 Å². The van der Waals surface area contributed by atoms with E-state index >= 15 is 0 Å². The lowest BCUT2D eigenvalue weighted by Gasteiger charge is -2.45. The van der Waals surface area contributed by atoms with Gasteiger partial charge >= 0.3 is 0 Å². The van der Waals surface area contributed by atoms with E-state index in [2.05, 4.69) is 0 Å². The Labute approximate surface area is 233 Å². The minimum Gasteiger partial charge on any atom is -0.394 e. The van der Waals surface area contributed by atoms with Crippen LogP contribution in [0.4, 0.5) is 0 Å². The number of nitrogens with zero attached hydrogens (tertiary/aromatic N) is 1. The predicted molar refractivity (Wildman–Crippen MR) is 134 cm³/mol. The highest BCUT2D eigenvalue weighted by Gasteiger charge is 2.50. The number of likely N-dealkylation sites (N-methyl/N-ethyl adjacent to an activating group) is 1. The first kappa shape index (κ1) is 35.6. The van der Waals surface area contributed by atoms with Crippen molar-refractivity contribution in [1.82, 2.24) is 0 Å². The minimum absolute atomic E-state index is 0.0645. The topological polar surface area (TPSA) is 226 Å². The fourth-order valence-corrected chi connectivity index (χ4v) is 4.25. The fourth-order valence-electron chi connectivity index (χ4n) is 4.25. The van der Waals surface area contributed by atoms with Crippen LogP contribution in [0.3, 0.4) is 0 Å². The van der Waals surface area contributed by atoms with Gasteiger partial charge in [-0.1, -0.05) is 0 Å². The highest BCUT2D eigenvalue weighted by molar-refractivity contribution is 4.94. The van der Waals surface area contributed by atoms with Crippen molar-refractivity contribution in [3.05, 3.63) is 0 Å². The van der Waals surface area contributed by atoms with Gasteiger partial charge in [0.2, 0.25) is 0 Å². The molecule has 0 spiro atoms. The molecule has 2 heterocycles. The van der Waals surface area contributed by atoms with Gasteiger partial charge in [0.15, 0.2) is 12.6 Å². The number of hydrogen-bond donors (Lipinski definition) is 8. The molecule has 2 fully saturated rings. The zero-order valence-electron chi connectivity index (χ0n) is 23.3. The summed E-state index contributed by atoms with van der Waals surface area (Å²) in [6, 6.07) is 0. The maximum Gasteiger partial charge on any atom is 0.187 e. The zero-order valence-corrected chi connectivity index (χ0v) is 23.3. The minimum atomic E-state index is -1.74. The van der Waals surface area contributed by atoms with Crippen molar-refractivity contribution in [2.75, 3.05) is 87.1 Å². The molecular formula is C24H48NO15+. The summed E-state index contributed by atoms with van der Waals surface area (Å²) in [4.78, 5) is 0. The molecule has 0 aromatic rings. The van der Waals surface area contributed by atoms with Crippen LogP contribution in [0.25, 0.3) is 0 Å². The Kier molecular flexibility index (Phi) is 15.5. The molecule has 1 unspecified atom stereocenters. The van der Waals surface area contributed by atoms with Crippen LogP contribution >= 0.6 is 0 Å². The van der Waals surface area contributed by atoms with Crippen LogP contribution in [0.1, 0.15) is 0 Å². The van der Waals surface area contributed by atoms with Crippen molar-refractivity contribution in [2.45, 2.75) is 67.5 Å². The van der Waals surface area contributed by atoms with E-state index in [9.17, 15) is 35.7 Å². The van der Waals surface area contributed by atoms with Crippen molar-refractivity contribution in [1.29, 1.82) is 0 Å². The van der Waals surface area contributed by atoms with Gasteiger partial charge in [-0.05, 0) is 0 Å². The Balaban J connectivity index is 1.77. The molecule has 40 heavy (non-hydrogen) atoms. The van der Waals surface area contributed by atoms with Gasteiger partial charge in [0.1, 0.15) is 61.5 Å². The van der Waals surface area contributed by atoms with Gasteiger partial charge in [0.25, 0.3) is 0 Å². The van der Waals surface area contributed by atoms with Gasteiger partial charge in [-0.15, -0.1) is 0 Å². The van der Waals surface area contributed by atoms with Crippen molar-refractivity contribution < 1.29 is 78.5 Å². The summed E-state index contributed by atoms with van der Waals surface area (Å²) in [5.74, 6) is 0. The van der Waals surface area contributed by atoms with Crippen LogP contribution in [-0.4, -0.2) is 200 Å². The summed E-state index contributed by atoms with van der Waals surface area (Å²) in [5.41, 5.74) is 0. The molecule has 2 rings (SSSR count). The van der Waals surface area contributed by atoms with Gasteiger partial charge < -0.3 is 78.5 Å². The first-order chi connectivity index (χ1) is 18.9. The number of hydrogen-bond acceptors (Lipinski definition) is 15. The molecule has 0 aromatic heterocycles. The molecule has 0 amide bonds. The molecule has 238 valence electrons. The molecule has 0 saturated carbocycles. The third-order valence-electron chi connectivity index (χ3n) is 6.23. The standard InChI is InChI=1S/C24H48NO15/c1-25(2,3)10-14(27)11-36-8-6-34-7-9-37-12-15-17(28)18(29)21(32)24(39-15)40-22-16(13-35-5-4-26)38-23(33)20(31)19(22)30/h14-24,26-33H,4-13H2,1-3H3/q+1/t14?,15-,16-,17-,18+,19-,20-,21-,22-,23-,24+/m1/s1. The Morgan fingerprint density at radius 2 is 1.27 bits per heavy atom. The predicted octanol–water partition coefficient (Wildman–Crippen LogP) is -5.26. The van der Waals surface area contributed by atoms with Crippen molar-refractivity contribution in [2.24, 2.45) is 0 Å². The molecule has 0 bridgehead atoms. The third kappa shape index (κ3) is 11.6. The Hall–Kier alpha value is -0.640. The van der Waals surface area contributed by atoms with Crippen LogP contribution in [0, 0.1) is 0 Å². The fraction of sp³-hybridized carbons (Fsp3) is 1.00. The molecule has 2 saturated heterocycles. The molecule has 2 aliphatic rings. The summed E-state index contributed by atoms with van der Waals surface area (Å²) in [5, 5.41) is 80.2. The van der Waals surface area contributed by atoms with E-state index in [-0.39, 0.29) is 59.5 Å². The second-order valence-electron chi connectivity index (χ2n) is 10.8. The zero-order chi connectivity index (χ0) is 29.9. The number of aliphatic hydroxyl groups excluding tert-OH is 8. The van der Waals surface area contributed by atoms with Gasteiger partial charge in [-0.25, -0.2) is 0 Å². The second-order valence-corrected chi connectivity index (χ2v) is 10.8. The molecule has 2 aliphatic heterocycles. The third-order valence-corrected chi connectivity index (χ3v) is 6.23. The summed E-state index contributed by atoms with van der Waals surface area (Å²) >= 11 is 0. The van der Waals surface area contributed by atoms with Crippen molar-refractivity contribution in [3.8, 4) is 0 Å². The summed E-state index contributed by atoms with van der Waals surface area (Å²) in [6.45, 7) is 0.836. The molecular weight excluding hydrogens is 542 g/mol. The van der Waals surface area contributed by atoms with Crippen LogP contribution in [0.2, 0.25) is 0 Å². The highest BCUT2D eigenvalue weighted by atomic mass is 16.7. The molecule has 8 N–H and O–H groups in total. The normalized spacial score (nSPS) is 36.1. The Bertz CT molecular complexity index is 685. The van der Waals surface area contributed by atoms with Crippen LogP contribution < -0.4 is 0 Å². The monoisotopic (exact) mass is 590 g/mol. The first-order valence-corrected chi connectivity index (χ1v) is 13.3. The molecule has 16 heteroatoms. The Morgan fingerprint density at radius 3 is 1.93 bits per heavy atom. The lowest BCUT2D eigenvalue weighted by Crippen LogP contribution is -2.64. The van der Waals surface area contributed by atoms with Gasteiger partial charge in [-0.3, -0.25) is 0 Å². The lowest BCUT2D eigenvalue weighted by atomic mass is 9.97. The van der Waals surface area contributed by atoms with E-state index in [0.717, 1.165) is 0 Å². The van der Waals surface area contributed by atoms with Crippen LogP contribution in [0.5, 0.6) is 0 Å². The van der Waals surface area contributed by atoms with Crippen LogP contribution in [-0.2, 0) is 33.2 Å². The van der Waals surface area contributed by atoms with E-state index in [4.69, 9.17) is 38.3 Å². The average Bonchev–Trinajstić information content (AvgIpc) is 2.88. The highest BCUT2D eigenvalue weighted by Crippen LogP contribution is 2.29. The quantitative estimate of drug-likeness (QED) is 0.0551. The maximum absolute atomic E-state index is 10.5. The molecule has 0 aromatic carbocycles. The number of quaternary nitrogens is 1. The van der Waals surface area contributed by atoms with E-state index in [1.807, 2.05) is 21.1 Å². The molecule has 16 nitrogen and oxygen atoms in total. The SMILES string of the molecule is C[N+](C)(C)CC(O)COCCOCCOC[C@H]1O[C@@H](O[C@H]2[C@H](O)[C@@H](O)[C@H](O)O[C@@H]2COCCO)[C@H](O)[C@@H](O)[C@@H]1O. The summed E-state index contributed by atoms with van der Waals surface area (Å²) in [7, 11) is 5.92. The maximum atomic E-state index is 10.5. The lowest BCUT2D eigenvalue weighted by molar-refractivity contribution is -0.873.